The van der Waals surface area contributed by atoms with Crippen molar-refractivity contribution in [2.75, 3.05) is 13.2 Å². The van der Waals surface area contributed by atoms with E-state index in [2.05, 4.69) is 26.0 Å². The van der Waals surface area contributed by atoms with Crippen LogP contribution in [0, 0.1) is 22.7 Å². The van der Waals surface area contributed by atoms with Crippen molar-refractivity contribution in [2.45, 2.75) is 52.4 Å². The van der Waals surface area contributed by atoms with Gasteiger partial charge in [-0.15, -0.1) is 0 Å². The Morgan fingerprint density at radius 3 is 2.78 bits per heavy atom. The molecular formula is C20H30O3. The summed E-state index contributed by atoms with van der Waals surface area (Å²) in [7, 11) is 0. The molecule has 1 saturated carbocycles. The van der Waals surface area contributed by atoms with Gasteiger partial charge in [-0.2, -0.15) is 0 Å². The van der Waals surface area contributed by atoms with Gasteiger partial charge in [-0.25, -0.2) is 0 Å². The third-order valence-electron chi connectivity index (χ3n) is 7.08. The lowest BCUT2D eigenvalue weighted by molar-refractivity contribution is -0.0826. The quantitative estimate of drug-likeness (QED) is 0.808. The molecule has 1 aromatic rings. The minimum atomic E-state index is -0.204. The molecule has 1 fully saturated rings. The average molecular weight is 318 g/mol. The number of hydrogen-bond donors (Lipinski definition) is 2. The second-order valence-corrected chi connectivity index (χ2v) is 7.91. The van der Waals surface area contributed by atoms with E-state index in [4.69, 9.17) is 4.42 Å². The maximum Gasteiger partial charge on any atom is 0.0934 e. The summed E-state index contributed by atoms with van der Waals surface area (Å²) in [5.41, 5.74) is 2.32. The van der Waals surface area contributed by atoms with Crippen LogP contribution in [0.2, 0.25) is 0 Å². The van der Waals surface area contributed by atoms with Crippen molar-refractivity contribution >= 4 is 0 Å². The van der Waals surface area contributed by atoms with Crippen molar-refractivity contribution < 1.29 is 14.6 Å². The zero-order valence-corrected chi connectivity index (χ0v) is 14.4. The molecule has 1 aromatic heterocycles. The monoisotopic (exact) mass is 318 g/mol. The standard InChI is InChI=1S/C20H30O3/c1-15-6-10-20(14-22)17(12-21)4-3-5-18(20)19(15,2)9-7-16-8-11-23-13-16/h4,8,11,13,15,18,21-22H,3,5-7,9-10,12,14H2,1-2H3. The van der Waals surface area contributed by atoms with Crippen LogP contribution in [0.1, 0.15) is 51.5 Å². The number of allylic oxidation sites excluding steroid dienone is 1. The number of aliphatic hydroxyl groups is 2. The first-order chi connectivity index (χ1) is 11.1. The van der Waals surface area contributed by atoms with Gasteiger partial charge in [0.1, 0.15) is 0 Å². The molecule has 0 amide bonds. The molecule has 3 nitrogen and oxygen atoms in total. The lowest BCUT2D eigenvalue weighted by Crippen LogP contribution is -2.53. The van der Waals surface area contributed by atoms with Gasteiger partial charge >= 0.3 is 0 Å². The summed E-state index contributed by atoms with van der Waals surface area (Å²) in [5.74, 6) is 1.08. The number of furan rings is 1. The van der Waals surface area contributed by atoms with Crippen molar-refractivity contribution in [3.05, 3.63) is 35.8 Å². The summed E-state index contributed by atoms with van der Waals surface area (Å²) in [6.07, 6.45) is 12.2. The Hall–Kier alpha value is -1.06. The molecule has 2 aliphatic carbocycles. The van der Waals surface area contributed by atoms with E-state index in [0.29, 0.717) is 11.8 Å². The van der Waals surface area contributed by atoms with Gasteiger partial charge in [0.15, 0.2) is 0 Å². The second-order valence-electron chi connectivity index (χ2n) is 7.91. The molecule has 4 atom stereocenters. The van der Waals surface area contributed by atoms with Gasteiger partial charge in [0, 0.05) is 5.41 Å². The van der Waals surface area contributed by atoms with E-state index < -0.39 is 0 Å². The van der Waals surface area contributed by atoms with Crippen LogP contribution in [-0.4, -0.2) is 23.4 Å². The average Bonchev–Trinajstić information content (AvgIpc) is 3.09. The van der Waals surface area contributed by atoms with E-state index >= 15 is 0 Å². The number of aryl methyl sites for hydroxylation is 1. The van der Waals surface area contributed by atoms with Gasteiger partial charge in [0.25, 0.3) is 0 Å². The van der Waals surface area contributed by atoms with Crippen molar-refractivity contribution in [2.24, 2.45) is 22.7 Å². The van der Waals surface area contributed by atoms with Gasteiger partial charge < -0.3 is 14.6 Å². The first kappa shape index (κ1) is 16.8. The Balaban J connectivity index is 1.90. The fraction of sp³-hybridized carbons (Fsp3) is 0.700. The molecule has 0 radical (unpaired) electrons. The van der Waals surface area contributed by atoms with Crippen molar-refractivity contribution in [1.82, 2.24) is 0 Å². The summed E-state index contributed by atoms with van der Waals surface area (Å²) in [5, 5.41) is 20.1. The van der Waals surface area contributed by atoms with Crippen LogP contribution >= 0.6 is 0 Å². The van der Waals surface area contributed by atoms with Crippen molar-refractivity contribution in [3.63, 3.8) is 0 Å². The molecule has 4 unspecified atom stereocenters. The highest BCUT2D eigenvalue weighted by molar-refractivity contribution is 5.24. The molecule has 1 heterocycles. The molecule has 2 aliphatic rings. The van der Waals surface area contributed by atoms with E-state index in [-0.39, 0.29) is 24.0 Å². The highest BCUT2D eigenvalue weighted by atomic mass is 16.3. The number of hydrogen-bond acceptors (Lipinski definition) is 3. The van der Waals surface area contributed by atoms with Crippen LogP contribution in [0.25, 0.3) is 0 Å². The minimum absolute atomic E-state index is 0.0866. The topological polar surface area (TPSA) is 53.6 Å². The molecule has 0 saturated heterocycles. The number of rotatable bonds is 5. The van der Waals surface area contributed by atoms with Crippen LogP contribution in [0.15, 0.2) is 34.7 Å². The zero-order chi connectivity index (χ0) is 16.5. The maximum absolute atomic E-state index is 10.3. The molecule has 128 valence electrons. The fourth-order valence-corrected chi connectivity index (χ4v) is 5.35. The first-order valence-corrected chi connectivity index (χ1v) is 8.99. The van der Waals surface area contributed by atoms with Crippen molar-refractivity contribution in [3.8, 4) is 0 Å². The van der Waals surface area contributed by atoms with Crippen LogP contribution in [0.4, 0.5) is 0 Å². The van der Waals surface area contributed by atoms with E-state index in [0.717, 1.165) is 44.1 Å². The number of fused-ring (bicyclic) bond motifs is 1. The Morgan fingerprint density at radius 2 is 2.13 bits per heavy atom. The summed E-state index contributed by atoms with van der Waals surface area (Å²) < 4.78 is 5.21. The third-order valence-corrected chi connectivity index (χ3v) is 7.08. The summed E-state index contributed by atoms with van der Waals surface area (Å²) >= 11 is 0. The van der Waals surface area contributed by atoms with Crippen LogP contribution in [0.3, 0.4) is 0 Å². The van der Waals surface area contributed by atoms with Gasteiger partial charge in [-0.1, -0.05) is 19.9 Å². The fourth-order valence-electron chi connectivity index (χ4n) is 5.35. The number of aliphatic hydroxyl groups excluding tert-OH is 2. The Kier molecular flexibility index (Phi) is 4.70. The largest absolute Gasteiger partial charge is 0.472 e. The zero-order valence-electron chi connectivity index (χ0n) is 14.4. The Labute approximate surface area is 139 Å². The van der Waals surface area contributed by atoms with E-state index in [9.17, 15) is 10.2 Å². The molecule has 3 rings (SSSR count). The maximum atomic E-state index is 10.3. The summed E-state index contributed by atoms with van der Waals surface area (Å²) in [6.45, 7) is 5.03. The first-order valence-electron chi connectivity index (χ1n) is 8.99. The van der Waals surface area contributed by atoms with E-state index in [1.54, 1.807) is 6.26 Å². The molecule has 0 aliphatic heterocycles. The van der Waals surface area contributed by atoms with Crippen LogP contribution in [-0.2, 0) is 6.42 Å². The van der Waals surface area contributed by atoms with E-state index in [1.165, 1.54) is 5.56 Å². The van der Waals surface area contributed by atoms with Gasteiger partial charge in [-0.3, -0.25) is 0 Å². The van der Waals surface area contributed by atoms with E-state index in [1.807, 2.05) is 6.26 Å². The second kappa shape index (κ2) is 6.45. The molecule has 0 bridgehead atoms. The lowest BCUT2D eigenvalue weighted by Gasteiger charge is -2.58. The highest BCUT2D eigenvalue weighted by Crippen LogP contribution is 2.61. The predicted octanol–water partition coefficient (Wildman–Crippen LogP) is 3.96. The van der Waals surface area contributed by atoms with Gasteiger partial charge in [0.2, 0.25) is 0 Å². The Morgan fingerprint density at radius 1 is 1.30 bits per heavy atom. The van der Waals surface area contributed by atoms with Gasteiger partial charge in [0.05, 0.1) is 25.7 Å². The van der Waals surface area contributed by atoms with Gasteiger partial charge in [-0.05, 0) is 73.0 Å². The SMILES string of the molecule is CC1CCC2(CO)C(CO)=CCCC2C1(C)CCc1ccoc1. The summed E-state index contributed by atoms with van der Waals surface area (Å²) in [4.78, 5) is 0. The smallest absolute Gasteiger partial charge is 0.0934 e. The summed E-state index contributed by atoms with van der Waals surface area (Å²) in [6, 6.07) is 2.05. The van der Waals surface area contributed by atoms with Crippen molar-refractivity contribution in [1.29, 1.82) is 0 Å². The molecular weight excluding hydrogens is 288 g/mol. The normalized spacial score (nSPS) is 37.3. The highest BCUT2D eigenvalue weighted by Gasteiger charge is 2.55. The molecule has 0 spiro atoms. The molecule has 3 heteroatoms. The molecule has 23 heavy (non-hydrogen) atoms. The minimum Gasteiger partial charge on any atom is -0.472 e. The molecule has 2 N–H and O–H groups in total. The Bertz CT molecular complexity index is 547. The third kappa shape index (κ3) is 2.68. The van der Waals surface area contributed by atoms with Crippen LogP contribution < -0.4 is 0 Å². The predicted molar refractivity (Wildman–Crippen MR) is 90.9 cm³/mol. The van der Waals surface area contributed by atoms with Crippen LogP contribution in [0.5, 0.6) is 0 Å². The molecule has 0 aromatic carbocycles. The lowest BCUT2D eigenvalue weighted by atomic mass is 9.46.